The van der Waals surface area contributed by atoms with Gasteiger partial charge < -0.3 is 14.6 Å². The number of hydrogen-bond acceptors (Lipinski definition) is 7. The summed E-state index contributed by atoms with van der Waals surface area (Å²) in [5, 5.41) is 13.1. The first kappa shape index (κ1) is 25.9. The minimum Gasteiger partial charge on any atom is -0.383 e. The number of tetrazole rings is 1. The maximum atomic E-state index is 13.4. The molecule has 2 aromatic carbocycles. The van der Waals surface area contributed by atoms with Gasteiger partial charge in [-0.3, -0.25) is 9.69 Å². The highest BCUT2D eigenvalue weighted by atomic mass is 19.4. The van der Waals surface area contributed by atoms with Gasteiger partial charge in [-0.15, -0.1) is 5.10 Å². The summed E-state index contributed by atoms with van der Waals surface area (Å²) in [5.74, 6) is 0.506. The van der Waals surface area contributed by atoms with Gasteiger partial charge in [0.1, 0.15) is 6.04 Å². The molecule has 38 heavy (non-hydrogen) atoms. The van der Waals surface area contributed by atoms with E-state index in [9.17, 15) is 18.0 Å². The van der Waals surface area contributed by atoms with Gasteiger partial charge in [-0.2, -0.15) is 13.2 Å². The largest absolute Gasteiger partial charge is 0.416 e. The molecule has 2 aromatic heterocycles. The monoisotopic (exact) mass is 527 g/mol. The van der Waals surface area contributed by atoms with Crippen molar-refractivity contribution in [2.45, 2.75) is 25.7 Å². The molecule has 4 aromatic rings. The van der Waals surface area contributed by atoms with E-state index in [1.165, 1.54) is 12.1 Å². The summed E-state index contributed by atoms with van der Waals surface area (Å²) in [6.45, 7) is 4.69. The number of benzene rings is 2. The number of nitrogens with one attached hydrogen (secondary N) is 1. The van der Waals surface area contributed by atoms with Crippen LogP contribution in [0.3, 0.4) is 0 Å². The summed E-state index contributed by atoms with van der Waals surface area (Å²) >= 11 is 0. The van der Waals surface area contributed by atoms with E-state index in [4.69, 9.17) is 4.74 Å². The molecule has 0 unspecified atom stereocenters. The van der Waals surface area contributed by atoms with Crippen LogP contribution < -0.4 is 10.5 Å². The standard InChI is InChI=1S/C26H28F3N7O2/c1-17-6-7-18-15-21(25(37)30-22(18)14-17)23(24-31-32-33-36(24)12-13-38-2)35-10-8-34(9-11-35)20-5-3-4-19(16-20)26(27,28)29/h3-7,14-16,23H,8-13H2,1-2H3,(H,30,37)/t23-/m1/s1. The molecular weight excluding hydrogens is 499 g/mol. The second kappa shape index (κ2) is 10.5. The van der Waals surface area contributed by atoms with Crippen molar-refractivity contribution in [2.24, 2.45) is 0 Å². The fraction of sp³-hybridized carbons (Fsp3) is 0.385. The quantitative estimate of drug-likeness (QED) is 0.394. The summed E-state index contributed by atoms with van der Waals surface area (Å²) in [5.41, 5.74) is 1.87. The Balaban J connectivity index is 1.48. The topological polar surface area (TPSA) is 92.2 Å². The van der Waals surface area contributed by atoms with Crippen LogP contribution in [0, 0.1) is 6.92 Å². The summed E-state index contributed by atoms with van der Waals surface area (Å²) in [6.07, 6.45) is -4.40. The van der Waals surface area contributed by atoms with Crippen LogP contribution in [0.2, 0.25) is 0 Å². The van der Waals surface area contributed by atoms with E-state index >= 15 is 0 Å². The minimum absolute atomic E-state index is 0.241. The van der Waals surface area contributed by atoms with Crippen LogP contribution >= 0.6 is 0 Å². The third-order valence-electron chi connectivity index (χ3n) is 6.85. The summed E-state index contributed by atoms with van der Waals surface area (Å²) in [7, 11) is 1.59. The lowest BCUT2D eigenvalue weighted by atomic mass is 10.0. The number of H-pyrrole nitrogens is 1. The van der Waals surface area contributed by atoms with Crippen molar-refractivity contribution in [3.8, 4) is 0 Å². The van der Waals surface area contributed by atoms with Gasteiger partial charge >= 0.3 is 6.18 Å². The molecule has 1 atom stereocenters. The van der Waals surface area contributed by atoms with Gasteiger partial charge in [-0.25, -0.2) is 4.68 Å². The van der Waals surface area contributed by atoms with Gasteiger partial charge in [0.15, 0.2) is 5.82 Å². The van der Waals surface area contributed by atoms with Gasteiger partial charge in [0.05, 0.1) is 18.7 Å². The Bertz CT molecular complexity index is 1480. The van der Waals surface area contributed by atoms with Gasteiger partial charge in [-0.05, 0) is 58.6 Å². The third-order valence-corrected chi connectivity index (χ3v) is 6.85. The Morgan fingerprint density at radius 3 is 2.61 bits per heavy atom. The molecule has 0 saturated carbocycles. The summed E-state index contributed by atoms with van der Waals surface area (Å²) in [4.78, 5) is 20.4. The SMILES string of the molecule is COCCn1nnnc1[C@@H](c1cc2ccc(C)cc2[nH]c1=O)N1CCN(c2cccc(C(F)(F)F)c2)CC1. The first-order valence-electron chi connectivity index (χ1n) is 12.3. The Morgan fingerprint density at radius 1 is 1.08 bits per heavy atom. The molecule has 1 saturated heterocycles. The number of methoxy groups -OCH3 is 1. The molecule has 0 radical (unpaired) electrons. The molecule has 0 bridgehead atoms. The van der Waals surface area contributed by atoms with Crippen LogP contribution in [0.4, 0.5) is 18.9 Å². The fourth-order valence-corrected chi connectivity index (χ4v) is 4.90. The maximum Gasteiger partial charge on any atom is 0.416 e. The number of alkyl halides is 3. The van der Waals surface area contributed by atoms with Crippen molar-refractivity contribution in [1.29, 1.82) is 0 Å². The van der Waals surface area contributed by atoms with Gasteiger partial charge in [0.2, 0.25) is 0 Å². The van der Waals surface area contributed by atoms with E-state index < -0.39 is 17.8 Å². The van der Waals surface area contributed by atoms with E-state index in [0.717, 1.165) is 22.5 Å². The van der Waals surface area contributed by atoms with Crippen LogP contribution in [0.25, 0.3) is 10.9 Å². The van der Waals surface area contributed by atoms with Crippen molar-refractivity contribution in [3.05, 3.63) is 81.4 Å². The third kappa shape index (κ3) is 5.27. The second-order valence-electron chi connectivity index (χ2n) is 9.37. The Labute approximate surface area is 216 Å². The maximum absolute atomic E-state index is 13.4. The highest BCUT2D eigenvalue weighted by Crippen LogP contribution is 2.33. The van der Waals surface area contributed by atoms with Crippen molar-refractivity contribution in [2.75, 3.05) is 44.8 Å². The van der Waals surface area contributed by atoms with E-state index in [2.05, 4.69) is 25.4 Å². The molecule has 0 aliphatic carbocycles. The molecule has 3 heterocycles. The van der Waals surface area contributed by atoms with Crippen molar-refractivity contribution in [1.82, 2.24) is 30.1 Å². The summed E-state index contributed by atoms with van der Waals surface area (Å²) in [6, 6.07) is 12.5. The Kier molecular flexibility index (Phi) is 7.17. The molecule has 1 aliphatic rings. The number of ether oxygens (including phenoxy) is 1. The fourth-order valence-electron chi connectivity index (χ4n) is 4.90. The van der Waals surface area contributed by atoms with Crippen LogP contribution in [-0.4, -0.2) is 70.0 Å². The average molecular weight is 528 g/mol. The van der Waals surface area contributed by atoms with Gasteiger partial charge in [0, 0.05) is 50.1 Å². The number of nitrogens with zero attached hydrogens (tertiary/aromatic N) is 6. The molecule has 12 heteroatoms. The second-order valence-corrected chi connectivity index (χ2v) is 9.37. The van der Waals surface area contributed by atoms with E-state index in [1.807, 2.05) is 36.1 Å². The van der Waals surface area contributed by atoms with Crippen LogP contribution in [0.5, 0.6) is 0 Å². The lowest BCUT2D eigenvalue weighted by Gasteiger charge is -2.39. The average Bonchev–Trinajstić information content (AvgIpc) is 3.36. The lowest BCUT2D eigenvalue weighted by Crippen LogP contribution is -2.49. The Morgan fingerprint density at radius 2 is 1.87 bits per heavy atom. The number of fused-ring (bicyclic) bond motifs is 1. The zero-order valence-electron chi connectivity index (χ0n) is 21.1. The highest BCUT2D eigenvalue weighted by Gasteiger charge is 2.34. The number of rotatable bonds is 7. The molecular formula is C26H28F3N7O2. The highest BCUT2D eigenvalue weighted by molar-refractivity contribution is 5.79. The number of hydrogen-bond donors (Lipinski definition) is 1. The molecule has 200 valence electrons. The minimum atomic E-state index is -4.40. The number of anilines is 1. The number of pyridine rings is 1. The summed E-state index contributed by atoms with van der Waals surface area (Å²) < 4.78 is 46.6. The van der Waals surface area contributed by atoms with E-state index in [1.54, 1.807) is 17.9 Å². The first-order valence-corrected chi connectivity index (χ1v) is 12.3. The van der Waals surface area contributed by atoms with Gasteiger partial charge in [-0.1, -0.05) is 18.2 Å². The number of aromatic amines is 1. The molecule has 0 spiro atoms. The number of aromatic nitrogens is 5. The van der Waals surface area contributed by atoms with Crippen molar-refractivity contribution in [3.63, 3.8) is 0 Å². The number of halogens is 3. The van der Waals surface area contributed by atoms with Crippen LogP contribution in [0.15, 0.2) is 53.3 Å². The van der Waals surface area contributed by atoms with E-state index in [0.29, 0.717) is 56.4 Å². The molecule has 1 aliphatic heterocycles. The predicted octanol–water partition coefficient (Wildman–Crippen LogP) is 3.40. The molecule has 1 N–H and O–H groups in total. The van der Waals surface area contributed by atoms with Crippen molar-refractivity contribution < 1.29 is 17.9 Å². The van der Waals surface area contributed by atoms with Crippen molar-refractivity contribution >= 4 is 16.6 Å². The number of aryl methyl sites for hydroxylation is 1. The first-order chi connectivity index (χ1) is 18.2. The normalized spacial score (nSPS) is 15.8. The molecule has 1 fully saturated rings. The lowest BCUT2D eigenvalue weighted by molar-refractivity contribution is -0.137. The predicted molar refractivity (Wildman–Crippen MR) is 136 cm³/mol. The molecule has 5 rings (SSSR count). The number of piperazine rings is 1. The van der Waals surface area contributed by atoms with Crippen LogP contribution in [0.1, 0.15) is 28.6 Å². The van der Waals surface area contributed by atoms with Gasteiger partial charge in [0.25, 0.3) is 5.56 Å². The Hall–Kier alpha value is -3.77. The van der Waals surface area contributed by atoms with Crippen LogP contribution in [-0.2, 0) is 17.5 Å². The molecule has 0 amide bonds. The smallest absolute Gasteiger partial charge is 0.383 e. The molecule has 9 nitrogen and oxygen atoms in total. The van der Waals surface area contributed by atoms with E-state index in [-0.39, 0.29) is 5.56 Å². The zero-order chi connectivity index (χ0) is 26.9. The zero-order valence-corrected chi connectivity index (χ0v) is 21.1.